The third kappa shape index (κ3) is 6.26. The maximum absolute atomic E-state index is 12.3. The number of para-hydroxylation sites is 1. The van der Waals surface area contributed by atoms with E-state index in [1.54, 1.807) is 11.3 Å². The summed E-state index contributed by atoms with van der Waals surface area (Å²) in [5.74, 6) is 0.0504. The first-order valence-electron chi connectivity index (χ1n) is 11.0. The van der Waals surface area contributed by atoms with Gasteiger partial charge >= 0.3 is 0 Å². The van der Waals surface area contributed by atoms with Gasteiger partial charge in [-0.2, -0.15) is 0 Å². The number of thiazole rings is 1. The number of piperazine rings is 1. The zero-order valence-electron chi connectivity index (χ0n) is 18.2. The molecule has 0 aliphatic carbocycles. The molecule has 0 radical (unpaired) electrons. The molecule has 6 nitrogen and oxygen atoms in total. The summed E-state index contributed by atoms with van der Waals surface area (Å²) in [6.07, 6.45) is 0.981. The average Bonchev–Trinajstić information content (AvgIpc) is 3.23. The fourth-order valence-corrected chi connectivity index (χ4v) is 4.83. The normalized spacial score (nSPS) is 15.3. The van der Waals surface area contributed by atoms with Crippen molar-refractivity contribution in [1.82, 2.24) is 20.1 Å². The van der Waals surface area contributed by atoms with E-state index in [2.05, 4.69) is 56.5 Å². The van der Waals surface area contributed by atoms with Crippen LogP contribution in [0.4, 0.5) is 5.13 Å². The predicted octanol–water partition coefficient (Wildman–Crippen LogP) is 3.06. The molecule has 1 aliphatic rings. The molecule has 0 saturated carbocycles. The molecule has 0 spiro atoms. The second kappa shape index (κ2) is 10.7. The van der Waals surface area contributed by atoms with Gasteiger partial charge in [-0.25, -0.2) is 4.98 Å². The standard InChI is InChI=1S/C24H31N5OS/c1-27(24-26-21-10-5-6-11-22(21)31-24)19-23(30)25-12-7-13-28-14-16-29(17-15-28)18-20-8-3-2-4-9-20/h2-6,8-11H,7,12-19H2,1H3,(H,25,30). The Hall–Kier alpha value is -2.48. The molecule has 4 rings (SSSR count). The highest BCUT2D eigenvalue weighted by Crippen LogP contribution is 2.27. The van der Waals surface area contributed by atoms with Gasteiger partial charge in [0.1, 0.15) is 0 Å². The number of carbonyl (C=O) groups excluding carboxylic acids is 1. The molecule has 2 heterocycles. The average molecular weight is 438 g/mol. The van der Waals surface area contributed by atoms with Crippen LogP contribution in [-0.4, -0.2) is 73.6 Å². The molecular formula is C24H31N5OS. The third-order valence-corrected chi connectivity index (χ3v) is 6.83. The molecule has 3 aromatic rings. The number of likely N-dealkylation sites (N-methyl/N-ethyl adjacent to an activating group) is 1. The minimum Gasteiger partial charge on any atom is -0.355 e. The van der Waals surface area contributed by atoms with E-state index in [0.29, 0.717) is 6.54 Å². The van der Waals surface area contributed by atoms with E-state index in [4.69, 9.17) is 0 Å². The molecule has 164 valence electrons. The summed E-state index contributed by atoms with van der Waals surface area (Å²) in [5.41, 5.74) is 2.37. The molecule has 1 fully saturated rings. The third-order valence-electron chi connectivity index (χ3n) is 5.68. The van der Waals surface area contributed by atoms with Crippen LogP contribution in [0.5, 0.6) is 0 Å². The van der Waals surface area contributed by atoms with Gasteiger partial charge in [-0.1, -0.05) is 53.8 Å². The number of amides is 1. The first-order valence-corrected chi connectivity index (χ1v) is 11.8. The maximum atomic E-state index is 12.3. The van der Waals surface area contributed by atoms with Gasteiger partial charge in [0, 0.05) is 46.3 Å². The SMILES string of the molecule is CN(CC(=O)NCCCN1CCN(Cc2ccccc2)CC1)c1nc2ccccc2s1. The number of fused-ring (bicyclic) bond motifs is 1. The lowest BCUT2D eigenvalue weighted by Gasteiger charge is -2.34. The summed E-state index contributed by atoms with van der Waals surface area (Å²) in [6.45, 7) is 7.53. The van der Waals surface area contributed by atoms with E-state index in [1.165, 1.54) is 5.56 Å². The summed E-state index contributed by atoms with van der Waals surface area (Å²) in [5, 5.41) is 3.94. The second-order valence-electron chi connectivity index (χ2n) is 8.13. The second-order valence-corrected chi connectivity index (χ2v) is 9.14. The molecule has 31 heavy (non-hydrogen) atoms. The summed E-state index contributed by atoms with van der Waals surface area (Å²) in [4.78, 5) is 23.9. The van der Waals surface area contributed by atoms with Gasteiger partial charge in [0.05, 0.1) is 16.8 Å². The number of nitrogens with zero attached hydrogens (tertiary/aromatic N) is 4. The first kappa shape index (κ1) is 21.7. The molecule has 1 aromatic heterocycles. The highest BCUT2D eigenvalue weighted by Gasteiger charge is 2.17. The molecule has 0 bridgehead atoms. The van der Waals surface area contributed by atoms with Gasteiger partial charge < -0.3 is 15.1 Å². The quantitative estimate of drug-likeness (QED) is 0.522. The van der Waals surface area contributed by atoms with Crippen LogP contribution in [0.15, 0.2) is 54.6 Å². The summed E-state index contributed by atoms with van der Waals surface area (Å²) in [7, 11) is 1.92. The Labute approximate surface area is 188 Å². The fourth-order valence-electron chi connectivity index (χ4n) is 3.91. The number of aromatic nitrogens is 1. The number of hydrogen-bond acceptors (Lipinski definition) is 6. The number of carbonyl (C=O) groups is 1. The summed E-state index contributed by atoms with van der Waals surface area (Å²) >= 11 is 1.62. The molecule has 1 saturated heterocycles. The van der Waals surface area contributed by atoms with Crippen molar-refractivity contribution < 1.29 is 4.79 Å². The van der Waals surface area contributed by atoms with Crippen molar-refractivity contribution >= 4 is 32.6 Å². The van der Waals surface area contributed by atoms with E-state index in [0.717, 1.165) is 67.6 Å². The maximum Gasteiger partial charge on any atom is 0.239 e. The number of rotatable bonds is 9. The number of nitrogens with one attached hydrogen (secondary N) is 1. The fraction of sp³-hybridized carbons (Fsp3) is 0.417. The van der Waals surface area contributed by atoms with Crippen LogP contribution in [-0.2, 0) is 11.3 Å². The Morgan fingerprint density at radius 1 is 1.03 bits per heavy atom. The lowest BCUT2D eigenvalue weighted by atomic mass is 10.2. The van der Waals surface area contributed by atoms with Gasteiger partial charge in [0.15, 0.2) is 5.13 Å². The predicted molar refractivity (Wildman–Crippen MR) is 129 cm³/mol. The summed E-state index contributed by atoms with van der Waals surface area (Å²) < 4.78 is 1.15. The number of benzene rings is 2. The van der Waals surface area contributed by atoms with Crippen molar-refractivity contribution in [3.05, 3.63) is 60.2 Å². The molecule has 1 amide bonds. The smallest absolute Gasteiger partial charge is 0.239 e. The Morgan fingerprint density at radius 2 is 1.74 bits per heavy atom. The van der Waals surface area contributed by atoms with Crippen LogP contribution in [0.2, 0.25) is 0 Å². The van der Waals surface area contributed by atoms with Crippen molar-refractivity contribution in [3.8, 4) is 0 Å². The van der Waals surface area contributed by atoms with Crippen LogP contribution in [0, 0.1) is 0 Å². The largest absolute Gasteiger partial charge is 0.355 e. The first-order chi connectivity index (χ1) is 15.2. The van der Waals surface area contributed by atoms with Crippen molar-refractivity contribution in [2.45, 2.75) is 13.0 Å². The van der Waals surface area contributed by atoms with Crippen LogP contribution < -0.4 is 10.2 Å². The molecule has 7 heteroatoms. The number of anilines is 1. The van der Waals surface area contributed by atoms with Crippen LogP contribution >= 0.6 is 11.3 Å². The van der Waals surface area contributed by atoms with Gasteiger partial charge in [-0.15, -0.1) is 0 Å². The van der Waals surface area contributed by atoms with Crippen molar-refractivity contribution in [1.29, 1.82) is 0 Å². The van der Waals surface area contributed by atoms with E-state index in [9.17, 15) is 4.79 Å². The Kier molecular flexibility index (Phi) is 7.51. The molecule has 1 aliphatic heterocycles. The van der Waals surface area contributed by atoms with Crippen LogP contribution in [0.25, 0.3) is 10.2 Å². The van der Waals surface area contributed by atoms with Crippen LogP contribution in [0.1, 0.15) is 12.0 Å². The highest BCUT2D eigenvalue weighted by molar-refractivity contribution is 7.22. The lowest BCUT2D eigenvalue weighted by molar-refractivity contribution is -0.119. The molecular weight excluding hydrogens is 406 g/mol. The topological polar surface area (TPSA) is 51.7 Å². The van der Waals surface area contributed by atoms with Gasteiger partial charge in [0.2, 0.25) is 5.91 Å². The highest BCUT2D eigenvalue weighted by atomic mass is 32.1. The van der Waals surface area contributed by atoms with E-state index >= 15 is 0 Å². The monoisotopic (exact) mass is 437 g/mol. The van der Waals surface area contributed by atoms with Gasteiger partial charge in [-0.05, 0) is 30.7 Å². The van der Waals surface area contributed by atoms with Crippen molar-refractivity contribution in [2.75, 3.05) is 57.8 Å². The Bertz CT molecular complexity index is 935. The van der Waals surface area contributed by atoms with E-state index in [1.807, 2.05) is 30.1 Å². The van der Waals surface area contributed by atoms with Crippen LogP contribution in [0.3, 0.4) is 0 Å². The van der Waals surface area contributed by atoms with Crippen molar-refractivity contribution in [2.24, 2.45) is 0 Å². The molecule has 2 aromatic carbocycles. The Morgan fingerprint density at radius 3 is 2.52 bits per heavy atom. The van der Waals surface area contributed by atoms with E-state index < -0.39 is 0 Å². The summed E-state index contributed by atoms with van der Waals surface area (Å²) in [6, 6.07) is 18.7. The molecule has 1 N–H and O–H groups in total. The lowest BCUT2D eigenvalue weighted by Crippen LogP contribution is -2.46. The van der Waals surface area contributed by atoms with Crippen molar-refractivity contribution in [3.63, 3.8) is 0 Å². The zero-order chi connectivity index (χ0) is 21.5. The molecule has 0 unspecified atom stereocenters. The zero-order valence-corrected chi connectivity index (χ0v) is 19.0. The molecule has 0 atom stereocenters. The van der Waals surface area contributed by atoms with E-state index in [-0.39, 0.29) is 5.91 Å². The van der Waals surface area contributed by atoms with Gasteiger partial charge in [-0.3, -0.25) is 9.69 Å². The Balaban J connectivity index is 1.11. The number of hydrogen-bond donors (Lipinski definition) is 1. The van der Waals surface area contributed by atoms with Gasteiger partial charge in [0.25, 0.3) is 0 Å². The minimum absolute atomic E-state index is 0.0504. The minimum atomic E-state index is 0.0504.